The van der Waals surface area contributed by atoms with Crippen molar-refractivity contribution in [3.05, 3.63) is 41.3 Å². The molecule has 10 heteroatoms. The normalized spacial score (nSPS) is 20.8. The first-order chi connectivity index (χ1) is 13.1. The Bertz CT molecular complexity index is 909. The predicted octanol–water partition coefficient (Wildman–Crippen LogP) is 2.95. The van der Waals surface area contributed by atoms with Crippen LogP contribution < -0.4 is 10.6 Å². The molecule has 3 N–H and O–H groups in total. The predicted molar refractivity (Wildman–Crippen MR) is 95.1 cm³/mol. The number of aliphatic hydroxyl groups is 1. The molecule has 148 valence electrons. The zero-order valence-electron chi connectivity index (χ0n) is 15.2. The van der Waals surface area contributed by atoms with E-state index in [1.165, 1.54) is 6.20 Å². The molecule has 2 aromatic rings. The lowest BCUT2D eigenvalue weighted by atomic mass is 9.64. The number of hydrogen-bond acceptors (Lipinski definition) is 7. The molecule has 2 atom stereocenters. The van der Waals surface area contributed by atoms with Crippen LogP contribution in [0.4, 0.5) is 24.9 Å². The molecule has 0 bridgehead atoms. The summed E-state index contributed by atoms with van der Waals surface area (Å²) >= 11 is 0. The van der Waals surface area contributed by atoms with Gasteiger partial charge in [-0.15, -0.1) is 0 Å². The number of anilines is 2. The van der Waals surface area contributed by atoms with Crippen LogP contribution in [0, 0.1) is 16.7 Å². The van der Waals surface area contributed by atoms with Crippen LogP contribution in [0.3, 0.4) is 0 Å². The smallest absolute Gasteiger partial charge is 0.392 e. The van der Waals surface area contributed by atoms with E-state index in [9.17, 15) is 23.5 Å². The van der Waals surface area contributed by atoms with E-state index in [0.717, 1.165) is 18.5 Å². The summed E-state index contributed by atoms with van der Waals surface area (Å²) in [6, 6.07) is 2.80. The fourth-order valence-corrected chi connectivity index (χ4v) is 2.99. The Morgan fingerprint density at radius 1 is 1.36 bits per heavy atom. The molecule has 3 rings (SSSR count). The number of nitriles is 1. The molecule has 0 unspecified atom stereocenters. The van der Waals surface area contributed by atoms with Crippen LogP contribution in [-0.2, 0) is 12.7 Å². The SMILES string of the molecule is CC1(C)[C@H](O)C[C@@H]1Nc1nc(NCc2cnccc2C(F)(F)F)ncc1C#N. The number of alkyl halides is 3. The van der Waals surface area contributed by atoms with Crippen LogP contribution in [0.25, 0.3) is 0 Å². The molecule has 1 saturated carbocycles. The second-order valence-corrected chi connectivity index (χ2v) is 7.22. The Labute approximate surface area is 159 Å². The first-order valence-electron chi connectivity index (χ1n) is 8.58. The van der Waals surface area contributed by atoms with Crippen molar-refractivity contribution in [2.75, 3.05) is 10.6 Å². The van der Waals surface area contributed by atoms with Crippen molar-refractivity contribution in [3.8, 4) is 6.07 Å². The number of aliphatic hydroxyl groups excluding tert-OH is 1. The van der Waals surface area contributed by atoms with Gasteiger partial charge in [-0.05, 0) is 12.5 Å². The minimum absolute atomic E-state index is 0.0410. The van der Waals surface area contributed by atoms with E-state index in [1.54, 1.807) is 0 Å². The van der Waals surface area contributed by atoms with E-state index in [1.807, 2.05) is 19.9 Å². The van der Waals surface area contributed by atoms with Crippen LogP contribution in [-0.4, -0.2) is 32.2 Å². The van der Waals surface area contributed by atoms with Gasteiger partial charge in [0, 0.05) is 36.0 Å². The van der Waals surface area contributed by atoms with Crippen molar-refractivity contribution in [1.29, 1.82) is 5.26 Å². The summed E-state index contributed by atoms with van der Waals surface area (Å²) in [5.74, 6) is 0.350. The molecule has 0 amide bonds. The van der Waals surface area contributed by atoms with Gasteiger partial charge < -0.3 is 15.7 Å². The second kappa shape index (κ2) is 7.24. The molecular weight excluding hydrogens is 373 g/mol. The molecule has 0 spiro atoms. The Morgan fingerprint density at radius 2 is 2.11 bits per heavy atom. The van der Waals surface area contributed by atoms with Crippen molar-refractivity contribution in [3.63, 3.8) is 0 Å². The molecule has 0 aliphatic heterocycles. The summed E-state index contributed by atoms with van der Waals surface area (Å²) in [7, 11) is 0. The van der Waals surface area contributed by atoms with Gasteiger partial charge in [-0.3, -0.25) is 4.98 Å². The number of pyridine rings is 1. The monoisotopic (exact) mass is 392 g/mol. The van der Waals surface area contributed by atoms with Gasteiger partial charge in [0.1, 0.15) is 17.5 Å². The van der Waals surface area contributed by atoms with Gasteiger partial charge >= 0.3 is 6.18 Å². The quantitative estimate of drug-likeness (QED) is 0.718. The number of hydrogen-bond donors (Lipinski definition) is 3. The highest BCUT2D eigenvalue weighted by molar-refractivity contribution is 5.54. The number of nitrogens with one attached hydrogen (secondary N) is 2. The molecule has 28 heavy (non-hydrogen) atoms. The maximum absolute atomic E-state index is 13.1. The molecule has 2 aromatic heterocycles. The van der Waals surface area contributed by atoms with Gasteiger partial charge in [0.05, 0.1) is 17.9 Å². The number of nitrogens with zero attached hydrogens (tertiary/aromatic N) is 4. The van der Waals surface area contributed by atoms with Crippen molar-refractivity contribution in [2.45, 2.75) is 45.1 Å². The molecule has 1 fully saturated rings. The number of aromatic nitrogens is 3. The lowest BCUT2D eigenvalue weighted by molar-refractivity contribution is -0.138. The first kappa shape index (κ1) is 19.8. The van der Waals surface area contributed by atoms with Gasteiger partial charge in [0.25, 0.3) is 0 Å². The fraction of sp³-hybridized carbons (Fsp3) is 0.444. The highest BCUT2D eigenvalue weighted by Gasteiger charge is 2.47. The van der Waals surface area contributed by atoms with Crippen LogP contribution >= 0.6 is 0 Å². The Balaban J connectivity index is 1.77. The number of halogens is 3. The molecular formula is C18H19F3N6O. The lowest BCUT2D eigenvalue weighted by Crippen LogP contribution is -2.57. The van der Waals surface area contributed by atoms with E-state index in [4.69, 9.17) is 0 Å². The van der Waals surface area contributed by atoms with Crippen molar-refractivity contribution in [2.24, 2.45) is 5.41 Å². The second-order valence-electron chi connectivity index (χ2n) is 7.22. The van der Waals surface area contributed by atoms with Crippen molar-refractivity contribution < 1.29 is 18.3 Å². The van der Waals surface area contributed by atoms with E-state index < -0.39 is 17.8 Å². The van der Waals surface area contributed by atoms with Crippen molar-refractivity contribution in [1.82, 2.24) is 15.0 Å². The Kier molecular flexibility index (Phi) is 5.12. The summed E-state index contributed by atoms with van der Waals surface area (Å²) < 4.78 is 39.2. The van der Waals surface area contributed by atoms with Gasteiger partial charge in [-0.25, -0.2) is 4.98 Å². The van der Waals surface area contributed by atoms with E-state index in [2.05, 4.69) is 25.6 Å². The summed E-state index contributed by atoms with van der Waals surface area (Å²) in [6.45, 7) is 3.61. The van der Waals surface area contributed by atoms with Crippen LogP contribution in [0.2, 0.25) is 0 Å². The minimum atomic E-state index is -4.49. The summed E-state index contributed by atoms with van der Waals surface area (Å²) in [4.78, 5) is 11.9. The Morgan fingerprint density at radius 3 is 2.71 bits per heavy atom. The topological polar surface area (TPSA) is 107 Å². The molecule has 0 radical (unpaired) electrons. The van der Waals surface area contributed by atoms with E-state index >= 15 is 0 Å². The summed E-state index contributed by atoms with van der Waals surface area (Å²) in [5.41, 5.74) is -1.00. The van der Waals surface area contributed by atoms with Crippen LogP contribution in [0.15, 0.2) is 24.7 Å². The maximum Gasteiger partial charge on any atom is 0.416 e. The zero-order chi connectivity index (χ0) is 20.5. The standard InChI is InChI=1S/C18H19F3N6O/c1-17(2)13(5-14(17)28)26-15-10(6-22)8-24-16(27-15)25-9-11-7-23-4-3-12(11)18(19,20)21/h3-4,7-8,13-14,28H,5,9H2,1-2H3,(H2,24,25,26,27)/t13-,14+/m0/s1. The summed E-state index contributed by atoms with van der Waals surface area (Å²) in [5, 5.41) is 25.0. The summed E-state index contributed by atoms with van der Waals surface area (Å²) in [6.07, 6.45) is -0.919. The first-order valence-corrected chi connectivity index (χ1v) is 8.58. The minimum Gasteiger partial charge on any atom is -0.392 e. The third kappa shape index (κ3) is 3.84. The van der Waals surface area contributed by atoms with E-state index in [0.29, 0.717) is 6.42 Å². The van der Waals surface area contributed by atoms with Gasteiger partial charge in [-0.1, -0.05) is 13.8 Å². The van der Waals surface area contributed by atoms with Crippen LogP contribution in [0.1, 0.15) is 37.0 Å². The average Bonchev–Trinajstić information content (AvgIpc) is 2.65. The fourth-order valence-electron chi connectivity index (χ4n) is 2.99. The van der Waals surface area contributed by atoms with Gasteiger partial charge in [0.15, 0.2) is 0 Å². The highest BCUT2D eigenvalue weighted by atomic mass is 19.4. The lowest BCUT2D eigenvalue weighted by Gasteiger charge is -2.49. The highest BCUT2D eigenvalue weighted by Crippen LogP contribution is 2.42. The van der Waals surface area contributed by atoms with E-state index in [-0.39, 0.29) is 40.9 Å². The number of rotatable bonds is 5. The average molecular weight is 392 g/mol. The van der Waals surface area contributed by atoms with Gasteiger partial charge in [-0.2, -0.15) is 23.4 Å². The molecule has 2 heterocycles. The largest absolute Gasteiger partial charge is 0.416 e. The molecule has 0 aromatic carbocycles. The zero-order valence-corrected chi connectivity index (χ0v) is 15.2. The molecule has 1 aliphatic carbocycles. The van der Waals surface area contributed by atoms with Crippen molar-refractivity contribution >= 4 is 11.8 Å². The Hall–Kier alpha value is -2.93. The molecule has 7 nitrogen and oxygen atoms in total. The van der Waals surface area contributed by atoms with Crippen LogP contribution in [0.5, 0.6) is 0 Å². The molecule has 0 saturated heterocycles. The van der Waals surface area contributed by atoms with Gasteiger partial charge in [0.2, 0.25) is 5.95 Å². The third-order valence-corrected chi connectivity index (χ3v) is 5.08. The molecule has 1 aliphatic rings. The maximum atomic E-state index is 13.1. The third-order valence-electron chi connectivity index (χ3n) is 5.08.